The Kier molecular flexibility index (Phi) is 5.90. The van der Waals surface area contributed by atoms with E-state index in [1.165, 1.54) is 19.2 Å². The molecule has 1 aliphatic rings. The standard InChI is InChI=1S/C20H22FN3O3/c1-27-18-9-8-15(14-17(18)21)19(25)23-10-5-11-24(13-12-23)20(26)22-16-6-3-2-4-7-16/h2-4,6-9,14H,5,10-13H2,1H3,(H,22,26). The second-order valence-corrected chi connectivity index (χ2v) is 6.28. The molecule has 1 saturated heterocycles. The number of rotatable bonds is 3. The van der Waals surface area contributed by atoms with Crippen molar-refractivity contribution >= 4 is 17.6 Å². The molecule has 0 radical (unpaired) electrons. The van der Waals surface area contributed by atoms with Gasteiger partial charge in [-0.15, -0.1) is 0 Å². The van der Waals surface area contributed by atoms with Crippen molar-refractivity contribution in [2.75, 3.05) is 38.6 Å². The second kappa shape index (κ2) is 8.53. The molecule has 3 rings (SSSR count). The molecule has 1 N–H and O–H groups in total. The van der Waals surface area contributed by atoms with Crippen molar-refractivity contribution < 1.29 is 18.7 Å². The van der Waals surface area contributed by atoms with E-state index in [0.717, 1.165) is 5.69 Å². The Morgan fingerprint density at radius 2 is 1.70 bits per heavy atom. The van der Waals surface area contributed by atoms with Gasteiger partial charge in [0.05, 0.1) is 7.11 Å². The minimum Gasteiger partial charge on any atom is -0.494 e. The highest BCUT2D eigenvalue weighted by molar-refractivity contribution is 5.94. The van der Waals surface area contributed by atoms with Gasteiger partial charge in [0.1, 0.15) is 0 Å². The molecule has 0 bridgehead atoms. The number of urea groups is 1. The third-order valence-electron chi connectivity index (χ3n) is 4.49. The highest BCUT2D eigenvalue weighted by Crippen LogP contribution is 2.19. The van der Waals surface area contributed by atoms with Crippen molar-refractivity contribution in [3.05, 3.63) is 59.9 Å². The molecule has 0 aromatic heterocycles. The minimum absolute atomic E-state index is 0.103. The first-order chi connectivity index (χ1) is 13.1. The summed E-state index contributed by atoms with van der Waals surface area (Å²) in [4.78, 5) is 28.4. The Morgan fingerprint density at radius 1 is 1.00 bits per heavy atom. The number of methoxy groups -OCH3 is 1. The lowest BCUT2D eigenvalue weighted by atomic mass is 10.1. The number of para-hydroxylation sites is 1. The summed E-state index contributed by atoms with van der Waals surface area (Å²) in [5.74, 6) is -0.713. The molecular weight excluding hydrogens is 349 g/mol. The van der Waals surface area contributed by atoms with E-state index in [-0.39, 0.29) is 23.3 Å². The number of hydrogen-bond acceptors (Lipinski definition) is 3. The lowest BCUT2D eigenvalue weighted by Gasteiger charge is -2.22. The average molecular weight is 371 g/mol. The molecule has 2 aromatic rings. The Morgan fingerprint density at radius 3 is 2.41 bits per heavy atom. The number of benzene rings is 2. The highest BCUT2D eigenvalue weighted by atomic mass is 19.1. The van der Waals surface area contributed by atoms with Crippen molar-refractivity contribution in [1.82, 2.24) is 9.80 Å². The maximum atomic E-state index is 13.9. The van der Waals surface area contributed by atoms with Gasteiger partial charge < -0.3 is 19.9 Å². The third kappa shape index (κ3) is 4.55. The summed E-state index contributed by atoms with van der Waals surface area (Å²) < 4.78 is 18.8. The fourth-order valence-electron chi connectivity index (χ4n) is 3.03. The largest absolute Gasteiger partial charge is 0.494 e. The topological polar surface area (TPSA) is 61.9 Å². The van der Waals surface area contributed by atoms with E-state index in [1.54, 1.807) is 15.9 Å². The Bertz CT molecular complexity index is 813. The molecule has 0 spiro atoms. The molecule has 7 heteroatoms. The minimum atomic E-state index is -0.568. The molecule has 1 fully saturated rings. The van der Waals surface area contributed by atoms with Crippen LogP contribution in [0.15, 0.2) is 48.5 Å². The number of amides is 3. The zero-order chi connectivity index (χ0) is 19.2. The molecule has 1 heterocycles. The van der Waals surface area contributed by atoms with Crippen LogP contribution in [-0.2, 0) is 0 Å². The number of halogens is 1. The molecule has 0 saturated carbocycles. The summed E-state index contributed by atoms with van der Waals surface area (Å²) in [7, 11) is 1.38. The van der Waals surface area contributed by atoms with Crippen molar-refractivity contribution in [2.24, 2.45) is 0 Å². The summed E-state index contributed by atoms with van der Waals surface area (Å²) >= 11 is 0. The van der Waals surface area contributed by atoms with Crippen LogP contribution >= 0.6 is 0 Å². The van der Waals surface area contributed by atoms with Crippen LogP contribution in [0, 0.1) is 5.82 Å². The van der Waals surface area contributed by atoms with Gasteiger partial charge in [0.15, 0.2) is 11.6 Å². The van der Waals surface area contributed by atoms with E-state index in [9.17, 15) is 14.0 Å². The lowest BCUT2D eigenvalue weighted by molar-refractivity contribution is 0.0762. The van der Waals surface area contributed by atoms with E-state index in [2.05, 4.69) is 5.32 Å². The van der Waals surface area contributed by atoms with Crippen LogP contribution in [0.2, 0.25) is 0 Å². The van der Waals surface area contributed by atoms with Crippen LogP contribution in [-0.4, -0.2) is 55.0 Å². The third-order valence-corrected chi connectivity index (χ3v) is 4.49. The fourth-order valence-corrected chi connectivity index (χ4v) is 3.03. The van der Waals surface area contributed by atoms with E-state index in [1.807, 2.05) is 30.3 Å². The number of carbonyl (C=O) groups is 2. The van der Waals surface area contributed by atoms with Gasteiger partial charge in [-0.1, -0.05) is 18.2 Å². The van der Waals surface area contributed by atoms with Gasteiger partial charge in [-0.25, -0.2) is 9.18 Å². The van der Waals surface area contributed by atoms with Crippen LogP contribution in [0.25, 0.3) is 0 Å². The molecule has 27 heavy (non-hydrogen) atoms. The van der Waals surface area contributed by atoms with Gasteiger partial charge in [-0.3, -0.25) is 4.79 Å². The maximum Gasteiger partial charge on any atom is 0.321 e. The van der Waals surface area contributed by atoms with Crippen LogP contribution in [0.1, 0.15) is 16.8 Å². The Labute approximate surface area is 157 Å². The Hall–Kier alpha value is -3.09. The predicted octanol–water partition coefficient (Wildman–Crippen LogP) is 3.21. The number of hydrogen-bond donors (Lipinski definition) is 1. The molecule has 3 amide bonds. The van der Waals surface area contributed by atoms with Gasteiger partial charge in [0, 0.05) is 37.4 Å². The van der Waals surface area contributed by atoms with Crippen molar-refractivity contribution in [2.45, 2.75) is 6.42 Å². The molecule has 0 unspecified atom stereocenters. The van der Waals surface area contributed by atoms with E-state index < -0.39 is 5.82 Å². The lowest BCUT2D eigenvalue weighted by Crippen LogP contribution is -2.39. The van der Waals surface area contributed by atoms with Crippen LogP contribution in [0.3, 0.4) is 0 Å². The zero-order valence-corrected chi connectivity index (χ0v) is 15.2. The quantitative estimate of drug-likeness (QED) is 0.901. The normalized spacial score (nSPS) is 14.4. The molecule has 142 valence electrons. The Balaban J connectivity index is 1.61. The second-order valence-electron chi connectivity index (χ2n) is 6.28. The summed E-state index contributed by atoms with van der Waals surface area (Å²) in [6.07, 6.45) is 0.659. The van der Waals surface area contributed by atoms with Gasteiger partial charge in [-0.05, 0) is 36.8 Å². The van der Waals surface area contributed by atoms with Crippen LogP contribution in [0.4, 0.5) is 14.9 Å². The van der Waals surface area contributed by atoms with E-state index >= 15 is 0 Å². The first-order valence-electron chi connectivity index (χ1n) is 8.82. The average Bonchev–Trinajstić information content (AvgIpc) is 2.94. The molecule has 2 aromatic carbocycles. The van der Waals surface area contributed by atoms with Crippen molar-refractivity contribution in [1.29, 1.82) is 0 Å². The summed E-state index contributed by atoms with van der Waals surface area (Å²) in [6.45, 7) is 1.89. The van der Waals surface area contributed by atoms with E-state index in [4.69, 9.17) is 4.74 Å². The monoisotopic (exact) mass is 371 g/mol. The molecule has 1 aliphatic heterocycles. The smallest absolute Gasteiger partial charge is 0.321 e. The van der Waals surface area contributed by atoms with Gasteiger partial charge in [0.2, 0.25) is 0 Å². The van der Waals surface area contributed by atoms with Gasteiger partial charge in [-0.2, -0.15) is 0 Å². The van der Waals surface area contributed by atoms with Crippen molar-refractivity contribution in [3.63, 3.8) is 0 Å². The fraction of sp³-hybridized carbons (Fsp3) is 0.300. The summed E-state index contributed by atoms with van der Waals surface area (Å²) in [6, 6.07) is 13.2. The van der Waals surface area contributed by atoms with Crippen LogP contribution in [0.5, 0.6) is 5.75 Å². The first kappa shape index (κ1) is 18.7. The zero-order valence-electron chi connectivity index (χ0n) is 15.2. The van der Waals surface area contributed by atoms with Gasteiger partial charge in [0.25, 0.3) is 5.91 Å². The van der Waals surface area contributed by atoms with E-state index in [0.29, 0.717) is 32.6 Å². The number of carbonyl (C=O) groups excluding carboxylic acids is 2. The number of nitrogens with zero attached hydrogens (tertiary/aromatic N) is 2. The predicted molar refractivity (Wildman–Crippen MR) is 101 cm³/mol. The van der Waals surface area contributed by atoms with Gasteiger partial charge >= 0.3 is 6.03 Å². The number of nitrogens with one attached hydrogen (secondary N) is 1. The van der Waals surface area contributed by atoms with Crippen molar-refractivity contribution in [3.8, 4) is 5.75 Å². The van der Waals surface area contributed by atoms with Crippen LogP contribution < -0.4 is 10.1 Å². The first-order valence-corrected chi connectivity index (χ1v) is 8.82. The molecular formula is C20H22FN3O3. The SMILES string of the molecule is COc1ccc(C(=O)N2CCCN(C(=O)Nc3ccccc3)CC2)cc1F. The highest BCUT2D eigenvalue weighted by Gasteiger charge is 2.23. The molecule has 0 atom stereocenters. The molecule has 6 nitrogen and oxygen atoms in total. The summed E-state index contributed by atoms with van der Waals surface area (Å²) in [5, 5.41) is 2.86. The maximum absolute atomic E-state index is 13.9. The number of anilines is 1. The molecule has 0 aliphatic carbocycles. The summed E-state index contributed by atoms with van der Waals surface area (Å²) in [5.41, 5.74) is 1.00. The number of ether oxygens (including phenoxy) is 1.